The van der Waals surface area contributed by atoms with Crippen molar-refractivity contribution in [2.24, 2.45) is 0 Å². The van der Waals surface area contributed by atoms with E-state index in [1.54, 1.807) is 23.5 Å². The number of thiazole rings is 1. The summed E-state index contributed by atoms with van der Waals surface area (Å²) in [7, 11) is -3.14. The second-order valence-corrected chi connectivity index (χ2v) is 9.00. The fourth-order valence-corrected chi connectivity index (χ4v) is 4.76. The first-order chi connectivity index (χ1) is 10.0. The standard InChI is InChI=1S/C14H16N2O2S3/c1-21(17,18)11-4-2-10(3-5-11)12-9-20-14(16-12)13-8-19-7-6-15-13/h2-5,9,13,15H,6-8H2,1H3. The van der Waals surface area contributed by atoms with E-state index >= 15 is 0 Å². The second kappa shape index (κ2) is 6.08. The minimum absolute atomic E-state index is 0.331. The van der Waals surface area contributed by atoms with Gasteiger partial charge in [0.25, 0.3) is 0 Å². The number of thioether (sulfide) groups is 1. The summed E-state index contributed by atoms with van der Waals surface area (Å²) in [6.07, 6.45) is 1.22. The van der Waals surface area contributed by atoms with Crippen LogP contribution in [0.3, 0.4) is 0 Å². The minimum Gasteiger partial charge on any atom is -0.306 e. The first-order valence-electron chi connectivity index (χ1n) is 6.61. The first kappa shape index (κ1) is 15.0. The van der Waals surface area contributed by atoms with Gasteiger partial charge in [-0.15, -0.1) is 11.3 Å². The van der Waals surface area contributed by atoms with E-state index in [0.29, 0.717) is 10.9 Å². The Morgan fingerprint density at radius 1 is 1.29 bits per heavy atom. The van der Waals surface area contributed by atoms with Crippen molar-refractivity contribution in [2.45, 2.75) is 10.9 Å². The third kappa shape index (κ3) is 3.48. The van der Waals surface area contributed by atoms with Gasteiger partial charge in [-0.05, 0) is 12.1 Å². The zero-order valence-corrected chi connectivity index (χ0v) is 14.0. The number of hydrogen-bond donors (Lipinski definition) is 1. The molecular formula is C14H16N2O2S3. The summed E-state index contributed by atoms with van der Waals surface area (Å²) in [5.74, 6) is 2.21. The van der Waals surface area contributed by atoms with Crippen LogP contribution in [-0.4, -0.2) is 37.7 Å². The normalized spacial score (nSPS) is 19.6. The fourth-order valence-electron chi connectivity index (χ4n) is 2.18. The molecule has 1 N–H and O–H groups in total. The van der Waals surface area contributed by atoms with Gasteiger partial charge in [0.2, 0.25) is 0 Å². The van der Waals surface area contributed by atoms with Gasteiger partial charge in [0.1, 0.15) is 5.01 Å². The smallest absolute Gasteiger partial charge is 0.175 e. The van der Waals surface area contributed by atoms with E-state index in [2.05, 4.69) is 10.3 Å². The van der Waals surface area contributed by atoms with Crippen molar-refractivity contribution in [3.63, 3.8) is 0 Å². The Kier molecular flexibility index (Phi) is 4.35. The molecule has 0 aliphatic carbocycles. The summed E-state index contributed by atoms with van der Waals surface area (Å²) in [5.41, 5.74) is 1.86. The quantitative estimate of drug-likeness (QED) is 0.931. The van der Waals surface area contributed by atoms with Crippen molar-refractivity contribution in [3.8, 4) is 11.3 Å². The highest BCUT2D eigenvalue weighted by Gasteiger charge is 2.18. The molecule has 1 aliphatic rings. The molecule has 1 atom stereocenters. The highest BCUT2D eigenvalue weighted by Crippen LogP contribution is 2.29. The van der Waals surface area contributed by atoms with Crippen LogP contribution in [0.2, 0.25) is 0 Å². The lowest BCUT2D eigenvalue weighted by molar-refractivity contribution is 0.592. The molecule has 1 aliphatic heterocycles. The van der Waals surface area contributed by atoms with Crippen LogP contribution in [0, 0.1) is 0 Å². The predicted octanol–water partition coefficient (Wildman–Crippen LogP) is 2.59. The van der Waals surface area contributed by atoms with Gasteiger partial charge in [-0.1, -0.05) is 12.1 Å². The number of rotatable bonds is 3. The molecule has 2 heterocycles. The van der Waals surface area contributed by atoms with E-state index in [1.807, 2.05) is 29.3 Å². The van der Waals surface area contributed by atoms with Crippen LogP contribution in [0.1, 0.15) is 11.0 Å². The van der Waals surface area contributed by atoms with E-state index in [0.717, 1.165) is 34.3 Å². The zero-order valence-electron chi connectivity index (χ0n) is 11.6. The molecule has 3 rings (SSSR count). The van der Waals surface area contributed by atoms with Crippen LogP contribution in [0.5, 0.6) is 0 Å². The topological polar surface area (TPSA) is 59.1 Å². The Hall–Kier alpha value is -0.890. The van der Waals surface area contributed by atoms with E-state index in [-0.39, 0.29) is 0 Å². The Morgan fingerprint density at radius 2 is 2.05 bits per heavy atom. The van der Waals surface area contributed by atoms with E-state index < -0.39 is 9.84 Å². The Morgan fingerprint density at radius 3 is 2.67 bits per heavy atom. The van der Waals surface area contributed by atoms with Crippen molar-refractivity contribution in [3.05, 3.63) is 34.7 Å². The molecule has 7 heteroatoms. The van der Waals surface area contributed by atoms with E-state index in [1.165, 1.54) is 6.26 Å². The molecule has 4 nitrogen and oxygen atoms in total. The number of nitrogens with one attached hydrogen (secondary N) is 1. The highest BCUT2D eigenvalue weighted by molar-refractivity contribution is 7.99. The van der Waals surface area contributed by atoms with E-state index in [9.17, 15) is 8.42 Å². The lowest BCUT2D eigenvalue weighted by atomic mass is 10.2. The average Bonchev–Trinajstić information content (AvgIpc) is 2.97. The average molecular weight is 340 g/mol. The van der Waals surface area contributed by atoms with Gasteiger partial charge < -0.3 is 5.32 Å². The van der Waals surface area contributed by atoms with Crippen LogP contribution in [0.25, 0.3) is 11.3 Å². The molecule has 1 fully saturated rings. The van der Waals surface area contributed by atoms with Crippen molar-refractivity contribution < 1.29 is 8.42 Å². The van der Waals surface area contributed by atoms with Crippen LogP contribution >= 0.6 is 23.1 Å². The maximum absolute atomic E-state index is 11.5. The third-order valence-corrected chi connectivity index (χ3v) is 6.47. The van der Waals surface area contributed by atoms with Crippen LogP contribution in [0.15, 0.2) is 34.5 Å². The van der Waals surface area contributed by atoms with Crippen LogP contribution in [0.4, 0.5) is 0 Å². The highest BCUT2D eigenvalue weighted by atomic mass is 32.2. The van der Waals surface area contributed by atoms with Crippen LogP contribution < -0.4 is 5.32 Å². The van der Waals surface area contributed by atoms with Crippen LogP contribution in [-0.2, 0) is 9.84 Å². The molecule has 1 unspecified atom stereocenters. The number of nitrogens with zero attached hydrogens (tertiary/aromatic N) is 1. The molecule has 0 spiro atoms. The zero-order chi connectivity index (χ0) is 14.9. The molecule has 1 saturated heterocycles. The van der Waals surface area contributed by atoms with Crippen molar-refractivity contribution in [2.75, 3.05) is 24.3 Å². The number of hydrogen-bond acceptors (Lipinski definition) is 6. The van der Waals surface area contributed by atoms with E-state index in [4.69, 9.17) is 0 Å². The number of aromatic nitrogens is 1. The summed E-state index contributed by atoms with van der Waals surface area (Å²) in [6.45, 7) is 1.02. The molecule has 2 aromatic rings. The summed E-state index contributed by atoms with van der Waals surface area (Å²) in [5, 5.41) is 6.61. The number of sulfone groups is 1. The first-order valence-corrected chi connectivity index (χ1v) is 10.5. The van der Waals surface area contributed by atoms with Gasteiger partial charge >= 0.3 is 0 Å². The Labute approximate surface area is 132 Å². The van der Waals surface area contributed by atoms with Crippen molar-refractivity contribution >= 4 is 32.9 Å². The Bertz CT molecular complexity index is 717. The summed E-state index contributed by atoms with van der Waals surface area (Å²) < 4.78 is 22.9. The molecule has 0 bridgehead atoms. The Balaban J connectivity index is 1.82. The van der Waals surface area contributed by atoms with Gasteiger partial charge in [0.15, 0.2) is 9.84 Å². The fraction of sp³-hybridized carbons (Fsp3) is 0.357. The van der Waals surface area contributed by atoms with Gasteiger partial charge in [-0.2, -0.15) is 11.8 Å². The summed E-state index contributed by atoms with van der Waals surface area (Å²) in [4.78, 5) is 5.03. The second-order valence-electron chi connectivity index (χ2n) is 4.95. The molecule has 1 aromatic heterocycles. The van der Waals surface area contributed by atoms with Gasteiger partial charge in [0, 0.05) is 35.2 Å². The number of benzene rings is 1. The molecule has 0 saturated carbocycles. The molecule has 0 radical (unpaired) electrons. The third-order valence-electron chi connectivity index (χ3n) is 3.32. The SMILES string of the molecule is CS(=O)(=O)c1ccc(-c2csc(C3CSCCN3)n2)cc1. The molecular weight excluding hydrogens is 324 g/mol. The lowest BCUT2D eigenvalue weighted by Crippen LogP contribution is -2.30. The summed E-state index contributed by atoms with van der Waals surface area (Å²) in [6, 6.07) is 7.24. The maximum Gasteiger partial charge on any atom is 0.175 e. The summed E-state index contributed by atoms with van der Waals surface area (Å²) >= 11 is 3.60. The largest absolute Gasteiger partial charge is 0.306 e. The van der Waals surface area contributed by atoms with Crippen molar-refractivity contribution in [1.29, 1.82) is 0 Å². The predicted molar refractivity (Wildman–Crippen MR) is 88.7 cm³/mol. The minimum atomic E-state index is -3.14. The van der Waals surface area contributed by atoms with Crippen molar-refractivity contribution in [1.82, 2.24) is 10.3 Å². The molecule has 21 heavy (non-hydrogen) atoms. The molecule has 1 aromatic carbocycles. The molecule has 0 amide bonds. The van der Waals surface area contributed by atoms with Gasteiger partial charge in [0.05, 0.1) is 16.6 Å². The maximum atomic E-state index is 11.5. The van der Waals surface area contributed by atoms with Gasteiger partial charge in [-0.3, -0.25) is 0 Å². The molecule has 112 valence electrons. The lowest BCUT2D eigenvalue weighted by Gasteiger charge is -2.20. The monoisotopic (exact) mass is 340 g/mol. The van der Waals surface area contributed by atoms with Gasteiger partial charge in [-0.25, -0.2) is 13.4 Å².